The average molecular weight is 169 g/mol. The summed E-state index contributed by atoms with van der Waals surface area (Å²) in [4.78, 5) is 16.2. The molecule has 64 valence electrons. The van der Waals surface area contributed by atoms with Crippen LogP contribution in [0.4, 0.5) is 0 Å². The lowest BCUT2D eigenvalue weighted by molar-refractivity contribution is -0.153. The minimum atomic E-state index is -0.686. The highest BCUT2D eigenvalue weighted by Gasteiger charge is 2.33. The second-order valence-corrected chi connectivity index (χ2v) is 2.38. The van der Waals surface area contributed by atoms with Crippen molar-refractivity contribution in [2.75, 3.05) is 7.05 Å². The highest BCUT2D eigenvalue weighted by atomic mass is 16.7. The topological polar surface area (TPSA) is 67.6 Å². The fraction of sp³-hybridized carbons (Fsp3) is 0.333. The van der Waals surface area contributed by atoms with Crippen molar-refractivity contribution < 1.29 is 14.2 Å². The predicted octanol–water partition coefficient (Wildman–Crippen LogP) is -0.376. The number of aromatic nitrogens is 1. The van der Waals surface area contributed by atoms with Crippen LogP contribution in [-0.2, 0) is 9.63 Å². The lowest BCUT2D eigenvalue weighted by atomic mass is 10.2. The van der Waals surface area contributed by atoms with Crippen molar-refractivity contribution in [1.29, 1.82) is 0 Å². The molecule has 1 saturated heterocycles. The monoisotopic (exact) mass is 169 g/mol. The number of hydrogen-bond acceptors (Lipinski definition) is 5. The van der Waals surface area contributed by atoms with Gasteiger partial charge in [-0.25, -0.2) is 0 Å². The molecule has 1 aromatic rings. The molecule has 1 atom stereocenters. The minimum Gasteiger partial charge on any atom is -0.364 e. The quantitative estimate of drug-likeness (QED) is 0.620. The molecule has 0 aromatic carbocycles. The summed E-state index contributed by atoms with van der Waals surface area (Å²) in [5.41, 5.74) is 2.91. The van der Waals surface area contributed by atoms with Gasteiger partial charge in [-0.1, -0.05) is 5.16 Å². The van der Waals surface area contributed by atoms with Crippen LogP contribution in [0.3, 0.4) is 0 Å². The van der Waals surface area contributed by atoms with Gasteiger partial charge in [-0.05, 0) is 0 Å². The van der Waals surface area contributed by atoms with Crippen molar-refractivity contribution in [1.82, 2.24) is 15.8 Å². The number of nitrogens with one attached hydrogen (secondary N) is 1. The van der Waals surface area contributed by atoms with Gasteiger partial charge in [-0.3, -0.25) is 15.1 Å². The minimum absolute atomic E-state index is 0.244. The van der Waals surface area contributed by atoms with Crippen LogP contribution >= 0.6 is 0 Å². The average Bonchev–Trinajstić information content (AvgIpc) is 2.58. The third-order valence-electron chi connectivity index (χ3n) is 1.50. The van der Waals surface area contributed by atoms with Crippen LogP contribution in [0.1, 0.15) is 11.8 Å². The lowest BCUT2D eigenvalue weighted by Crippen LogP contribution is -2.28. The van der Waals surface area contributed by atoms with E-state index in [0.717, 1.165) is 0 Å². The number of carbonyl (C=O) groups is 1. The van der Waals surface area contributed by atoms with Gasteiger partial charge in [-0.15, -0.1) is 5.17 Å². The summed E-state index contributed by atoms with van der Waals surface area (Å²) in [6, 6.07) is 1.59. The van der Waals surface area contributed by atoms with E-state index >= 15 is 0 Å². The predicted molar refractivity (Wildman–Crippen MR) is 36.2 cm³/mol. The Labute approximate surface area is 68.0 Å². The number of carbonyl (C=O) groups excluding carboxylic acids is 1. The number of hydrazine groups is 1. The summed E-state index contributed by atoms with van der Waals surface area (Å²) in [7, 11) is 1.60. The van der Waals surface area contributed by atoms with E-state index in [4.69, 9.17) is 4.84 Å². The van der Waals surface area contributed by atoms with Crippen LogP contribution in [0.25, 0.3) is 0 Å². The van der Waals surface area contributed by atoms with Crippen LogP contribution in [0.5, 0.6) is 0 Å². The van der Waals surface area contributed by atoms with Gasteiger partial charge >= 0.3 is 0 Å². The van der Waals surface area contributed by atoms with Crippen molar-refractivity contribution in [3.63, 3.8) is 0 Å². The van der Waals surface area contributed by atoms with Gasteiger partial charge in [0.25, 0.3) is 5.91 Å². The van der Waals surface area contributed by atoms with E-state index in [0.29, 0.717) is 5.69 Å². The van der Waals surface area contributed by atoms with E-state index < -0.39 is 6.10 Å². The summed E-state index contributed by atoms with van der Waals surface area (Å²) in [5.74, 6) is -0.244. The largest absolute Gasteiger partial charge is 0.364 e. The van der Waals surface area contributed by atoms with Crippen LogP contribution in [0, 0.1) is 0 Å². The highest BCUT2D eigenvalue weighted by Crippen LogP contribution is 2.20. The van der Waals surface area contributed by atoms with E-state index in [1.165, 1.54) is 11.4 Å². The van der Waals surface area contributed by atoms with Crippen molar-refractivity contribution in [3.8, 4) is 0 Å². The Hall–Kier alpha value is -1.40. The van der Waals surface area contributed by atoms with Crippen LogP contribution in [0.2, 0.25) is 0 Å². The molecule has 1 aliphatic heterocycles. The summed E-state index contributed by atoms with van der Waals surface area (Å²) >= 11 is 0. The molecule has 12 heavy (non-hydrogen) atoms. The third-order valence-corrected chi connectivity index (χ3v) is 1.50. The Balaban J connectivity index is 2.21. The molecule has 1 aromatic heterocycles. The maximum absolute atomic E-state index is 11.1. The first-order chi connectivity index (χ1) is 5.77. The second kappa shape index (κ2) is 2.58. The molecule has 1 unspecified atom stereocenters. The maximum atomic E-state index is 11.1. The van der Waals surface area contributed by atoms with E-state index in [1.54, 1.807) is 13.1 Å². The summed E-state index contributed by atoms with van der Waals surface area (Å²) < 4.78 is 4.58. The molecule has 0 radical (unpaired) electrons. The number of amides is 1. The van der Waals surface area contributed by atoms with Crippen molar-refractivity contribution >= 4 is 5.91 Å². The Bertz CT molecular complexity index is 284. The van der Waals surface area contributed by atoms with E-state index in [9.17, 15) is 4.79 Å². The fourth-order valence-electron chi connectivity index (χ4n) is 0.992. The first-order valence-electron chi connectivity index (χ1n) is 3.38. The van der Waals surface area contributed by atoms with E-state index in [2.05, 4.69) is 15.1 Å². The molecule has 2 rings (SSSR count). The molecule has 1 amide bonds. The van der Waals surface area contributed by atoms with E-state index in [-0.39, 0.29) is 5.91 Å². The van der Waals surface area contributed by atoms with Gasteiger partial charge in [0, 0.05) is 13.1 Å². The first-order valence-corrected chi connectivity index (χ1v) is 3.38. The normalized spacial score (nSPS) is 24.4. The molecule has 1 aliphatic rings. The SMILES string of the molecule is CN1NC(=O)C(c2ccon2)O1. The molecule has 6 heteroatoms. The van der Waals surface area contributed by atoms with Crippen LogP contribution in [-0.4, -0.2) is 23.3 Å². The Kier molecular flexibility index (Phi) is 1.56. The molecular weight excluding hydrogens is 162 g/mol. The zero-order valence-electron chi connectivity index (χ0n) is 6.35. The molecule has 6 nitrogen and oxygen atoms in total. The number of hydroxylamine groups is 1. The van der Waals surface area contributed by atoms with Gasteiger partial charge in [0.2, 0.25) is 6.10 Å². The molecule has 1 N–H and O–H groups in total. The molecule has 1 fully saturated rings. The van der Waals surface area contributed by atoms with Gasteiger partial charge in [0.1, 0.15) is 12.0 Å². The Morgan fingerprint density at radius 2 is 2.58 bits per heavy atom. The lowest BCUT2D eigenvalue weighted by Gasteiger charge is -2.04. The molecule has 0 aliphatic carbocycles. The van der Waals surface area contributed by atoms with Gasteiger partial charge < -0.3 is 4.52 Å². The van der Waals surface area contributed by atoms with Crippen molar-refractivity contribution in [2.45, 2.75) is 6.10 Å². The van der Waals surface area contributed by atoms with Crippen molar-refractivity contribution in [3.05, 3.63) is 18.0 Å². The first kappa shape index (κ1) is 7.26. The molecule has 0 bridgehead atoms. The highest BCUT2D eigenvalue weighted by molar-refractivity contribution is 5.82. The maximum Gasteiger partial charge on any atom is 0.273 e. The number of hydrogen-bond donors (Lipinski definition) is 1. The molecular formula is C6H7N3O3. The van der Waals surface area contributed by atoms with Crippen LogP contribution < -0.4 is 5.43 Å². The third kappa shape index (κ3) is 1.06. The zero-order chi connectivity index (χ0) is 8.55. The fourth-order valence-corrected chi connectivity index (χ4v) is 0.992. The number of nitrogens with zero attached hydrogens (tertiary/aromatic N) is 2. The van der Waals surface area contributed by atoms with Gasteiger partial charge in [-0.2, -0.15) is 0 Å². The molecule has 0 spiro atoms. The summed E-state index contributed by atoms with van der Waals surface area (Å²) in [6.45, 7) is 0. The Morgan fingerprint density at radius 1 is 1.75 bits per heavy atom. The van der Waals surface area contributed by atoms with Crippen LogP contribution in [0.15, 0.2) is 16.9 Å². The second-order valence-electron chi connectivity index (χ2n) is 2.38. The standard InChI is InChI=1S/C6H7N3O3/c1-9-7-6(10)5(12-9)4-2-3-11-8-4/h2-3,5H,1H3,(H,7,10). The molecule has 0 saturated carbocycles. The number of rotatable bonds is 1. The van der Waals surface area contributed by atoms with Crippen molar-refractivity contribution in [2.24, 2.45) is 0 Å². The van der Waals surface area contributed by atoms with E-state index in [1.807, 2.05) is 0 Å². The van der Waals surface area contributed by atoms with Gasteiger partial charge in [0.05, 0.1) is 0 Å². The Morgan fingerprint density at radius 3 is 3.08 bits per heavy atom. The smallest absolute Gasteiger partial charge is 0.273 e. The molecule has 2 heterocycles. The van der Waals surface area contributed by atoms with Gasteiger partial charge in [0.15, 0.2) is 0 Å². The zero-order valence-corrected chi connectivity index (χ0v) is 6.35. The summed E-state index contributed by atoms with van der Waals surface area (Å²) in [6.07, 6.45) is 0.707. The summed E-state index contributed by atoms with van der Waals surface area (Å²) in [5, 5.41) is 4.83.